The number of benzene rings is 2. The first-order valence-corrected chi connectivity index (χ1v) is 11.1. The van der Waals surface area contributed by atoms with Crippen molar-refractivity contribution in [2.24, 2.45) is 0 Å². The molecule has 30 heavy (non-hydrogen) atoms. The molecule has 0 saturated heterocycles. The van der Waals surface area contributed by atoms with Crippen LogP contribution in [0.15, 0.2) is 90.1 Å². The summed E-state index contributed by atoms with van der Waals surface area (Å²) in [4.78, 5) is 7.12. The Balaban J connectivity index is 1.65. The fourth-order valence-corrected chi connectivity index (χ4v) is 5.08. The van der Waals surface area contributed by atoms with Gasteiger partial charge in [0.15, 0.2) is 0 Å². The monoisotopic (exact) mass is 421 g/mol. The predicted octanol–water partition coefficient (Wildman–Crippen LogP) is 3.42. The number of fused-ring (bicyclic) bond motifs is 1. The van der Waals surface area contributed by atoms with Gasteiger partial charge in [-0.15, -0.1) is 0 Å². The Morgan fingerprint density at radius 3 is 2.20 bits per heavy atom. The molecule has 1 atom stereocenters. The fourth-order valence-electron chi connectivity index (χ4n) is 3.78. The molecule has 154 valence electrons. The van der Waals surface area contributed by atoms with Gasteiger partial charge in [-0.1, -0.05) is 60.7 Å². The Bertz CT molecular complexity index is 1200. The minimum atomic E-state index is -3.86. The molecule has 7 heteroatoms. The molecular formula is C23H23N3O3S. The average molecular weight is 422 g/mol. The molecule has 6 nitrogen and oxygen atoms in total. The van der Waals surface area contributed by atoms with Crippen LogP contribution >= 0.6 is 0 Å². The Morgan fingerprint density at radius 2 is 1.60 bits per heavy atom. The van der Waals surface area contributed by atoms with Gasteiger partial charge in [-0.3, -0.25) is 0 Å². The number of nitrogens with one attached hydrogen (secondary N) is 2. The normalized spacial score (nSPS) is 14.1. The topological polar surface area (TPSA) is 95.1 Å². The number of aromatic nitrogens is 2. The summed E-state index contributed by atoms with van der Waals surface area (Å²) in [6.07, 6.45) is 3.01. The van der Waals surface area contributed by atoms with Gasteiger partial charge in [0.25, 0.3) is 0 Å². The Labute approximate surface area is 175 Å². The second kappa shape index (κ2) is 8.02. The van der Waals surface area contributed by atoms with Gasteiger partial charge in [0, 0.05) is 30.2 Å². The van der Waals surface area contributed by atoms with Crippen LogP contribution in [0.5, 0.6) is 0 Å². The van der Waals surface area contributed by atoms with E-state index in [2.05, 4.69) is 14.7 Å². The van der Waals surface area contributed by atoms with Crippen molar-refractivity contribution in [3.63, 3.8) is 0 Å². The molecule has 0 amide bonds. The van der Waals surface area contributed by atoms with Gasteiger partial charge in [0.2, 0.25) is 10.0 Å². The fraction of sp³-hybridized carbons (Fsp3) is 0.174. The SMILES string of the molecule is CC(O)(CNS(=O)(=O)c1c[nH]c2ncccc12)C(c1ccccc1)c1ccccc1. The highest BCUT2D eigenvalue weighted by Crippen LogP contribution is 2.35. The average Bonchev–Trinajstić information content (AvgIpc) is 3.19. The number of aromatic amines is 1. The second-order valence-electron chi connectivity index (χ2n) is 7.49. The van der Waals surface area contributed by atoms with E-state index in [9.17, 15) is 13.5 Å². The minimum Gasteiger partial charge on any atom is -0.388 e. The van der Waals surface area contributed by atoms with Crippen LogP contribution in [0.3, 0.4) is 0 Å². The predicted molar refractivity (Wildman–Crippen MR) is 117 cm³/mol. The first kappa shape index (κ1) is 20.3. The van der Waals surface area contributed by atoms with Crippen molar-refractivity contribution in [3.8, 4) is 0 Å². The van der Waals surface area contributed by atoms with Crippen LogP contribution in [0.4, 0.5) is 0 Å². The molecule has 0 bridgehead atoms. The number of nitrogens with zero attached hydrogens (tertiary/aromatic N) is 1. The molecule has 0 saturated carbocycles. The number of hydrogen-bond acceptors (Lipinski definition) is 4. The third kappa shape index (κ3) is 4.00. The van der Waals surface area contributed by atoms with Crippen molar-refractivity contribution < 1.29 is 13.5 Å². The van der Waals surface area contributed by atoms with Crippen molar-refractivity contribution in [1.29, 1.82) is 0 Å². The molecule has 0 radical (unpaired) electrons. The van der Waals surface area contributed by atoms with Crippen LogP contribution in [-0.4, -0.2) is 35.6 Å². The zero-order chi connectivity index (χ0) is 21.2. The summed E-state index contributed by atoms with van der Waals surface area (Å²) in [6.45, 7) is 1.49. The Kier molecular flexibility index (Phi) is 5.42. The van der Waals surface area contributed by atoms with Crippen molar-refractivity contribution >= 4 is 21.1 Å². The van der Waals surface area contributed by atoms with E-state index in [0.717, 1.165) is 11.1 Å². The molecule has 4 rings (SSSR count). The van der Waals surface area contributed by atoms with Gasteiger partial charge >= 0.3 is 0 Å². The molecule has 0 aliphatic heterocycles. The maximum absolute atomic E-state index is 13.0. The maximum Gasteiger partial charge on any atom is 0.242 e. The second-order valence-corrected chi connectivity index (χ2v) is 9.22. The van der Waals surface area contributed by atoms with E-state index >= 15 is 0 Å². The Hall–Kier alpha value is -3.00. The Morgan fingerprint density at radius 1 is 1.00 bits per heavy atom. The number of pyridine rings is 1. The molecule has 0 spiro atoms. The van der Waals surface area contributed by atoms with E-state index < -0.39 is 21.5 Å². The molecule has 2 aromatic heterocycles. The standard InChI is InChI=1S/C23H23N3O3S/c1-23(27,21(17-9-4-2-5-10-17)18-11-6-3-7-12-18)16-26-30(28,29)20-15-25-22-19(20)13-8-14-24-22/h2-15,21,26-27H,16H2,1H3,(H,24,25). The van der Waals surface area contributed by atoms with Crippen molar-refractivity contribution in [2.45, 2.75) is 23.3 Å². The molecule has 2 aromatic carbocycles. The van der Waals surface area contributed by atoms with Crippen molar-refractivity contribution in [1.82, 2.24) is 14.7 Å². The molecule has 0 aliphatic carbocycles. The van der Waals surface area contributed by atoms with Crippen LogP contribution in [0.1, 0.15) is 24.0 Å². The van der Waals surface area contributed by atoms with Crippen molar-refractivity contribution in [2.75, 3.05) is 6.54 Å². The van der Waals surface area contributed by atoms with Crippen LogP contribution in [0.2, 0.25) is 0 Å². The van der Waals surface area contributed by atoms with Crippen LogP contribution in [0, 0.1) is 0 Å². The smallest absolute Gasteiger partial charge is 0.242 e. The number of H-pyrrole nitrogens is 1. The summed E-state index contributed by atoms with van der Waals surface area (Å²) in [7, 11) is -3.86. The largest absolute Gasteiger partial charge is 0.388 e. The lowest BCUT2D eigenvalue weighted by molar-refractivity contribution is 0.0481. The first-order chi connectivity index (χ1) is 14.4. The quantitative estimate of drug-likeness (QED) is 0.426. The van der Waals surface area contributed by atoms with E-state index in [-0.39, 0.29) is 11.4 Å². The van der Waals surface area contributed by atoms with E-state index in [0.29, 0.717) is 11.0 Å². The zero-order valence-electron chi connectivity index (χ0n) is 16.5. The molecule has 0 fully saturated rings. The number of hydrogen-bond donors (Lipinski definition) is 3. The lowest BCUT2D eigenvalue weighted by Gasteiger charge is -2.34. The van der Waals surface area contributed by atoms with E-state index in [1.165, 1.54) is 6.20 Å². The van der Waals surface area contributed by atoms with E-state index in [1.54, 1.807) is 25.3 Å². The summed E-state index contributed by atoms with van der Waals surface area (Å²) in [5, 5.41) is 11.9. The highest BCUT2D eigenvalue weighted by Gasteiger charge is 2.36. The molecule has 4 aromatic rings. The van der Waals surface area contributed by atoms with Crippen LogP contribution in [-0.2, 0) is 10.0 Å². The van der Waals surface area contributed by atoms with Gasteiger partial charge in [0.1, 0.15) is 10.5 Å². The van der Waals surface area contributed by atoms with Gasteiger partial charge in [0.05, 0.1) is 5.60 Å². The number of sulfonamides is 1. The summed E-state index contributed by atoms with van der Waals surface area (Å²) < 4.78 is 28.5. The first-order valence-electron chi connectivity index (χ1n) is 9.62. The molecule has 1 unspecified atom stereocenters. The number of aliphatic hydroxyl groups is 1. The molecule has 2 heterocycles. The van der Waals surface area contributed by atoms with Crippen molar-refractivity contribution in [3.05, 3.63) is 96.3 Å². The minimum absolute atomic E-state index is 0.109. The van der Waals surface area contributed by atoms with E-state index in [4.69, 9.17) is 0 Å². The summed E-state index contributed by atoms with van der Waals surface area (Å²) in [6, 6.07) is 22.6. The molecule has 3 N–H and O–H groups in total. The van der Waals surface area contributed by atoms with E-state index in [1.807, 2.05) is 60.7 Å². The van der Waals surface area contributed by atoms with Gasteiger partial charge < -0.3 is 10.1 Å². The lowest BCUT2D eigenvalue weighted by Crippen LogP contribution is -2.45. The molecule has 0 aliphatic rings. The van der Waals surface area contributed by atoms with Gasteiger partial charge in [-0.05, 0) is 30.2 Å². The third-order valence-electron chi connectivity index (χ3n) is 5.21. The highest BCUT2D eigenvalue weighted by atomic mass is 32.2. The van der Waals surface area contributed by atoms with Gasteiger partial charge in [-0.25, -0.2) is 18.1 Å². The highest BCUT2D eigenvalue weighted by molar-refractivity contribution is 7.89. The van der Waals surface area contributed by atoms with Crippen LogP contribution < -0.4 is 4.72 Å². The zero-order valence-corrected chi connectivity index (χ0v) is 17.3. The summed E-state index contributed by atoms with van der Waals surface area (Å²) in [5.41, 5.74) is 0.935. The lowest BCUT2D eigenvalue weighted by atomic mass is 9.78. The molecular weight excluding hydrogens is 398 g/mol. The van der Waals surface area contributed by atoms with Gasteiger partial charge in [-0.2, -0.15) is 0 Å². The summed E-state index contributed by atoms with van der Waals surface area (Å²) >= 11 is 0. The summed E-state index contributed by atoms with van der Waals surface area (Å²) in [5.74, 6) is -0.410. The number of rotatable bonds is 7. The van der Waals surface area contributed by atoms with Crippen LogP contribution in [0.25, 0.3) is 11.0 Å². The third-order valence-corrected chi connectivity index (χ3v) is 6.65. The maximum atomic E-state index is 13.0.